The zero-order valence-electron chi connectivity index (χ0n) is 20.6. The van der Waals surface area contributed by atoms with Gasteiger partial charge in [-0.15, -0.1) is 0 Å². The van der Waals surface area contributed by atoms with Crippen LogP contribution in [0.2, 0.25) is 0 Å². The lowest BCUT2D eigenvalue weighted by Crippen LogP contribution is -2.49. The van der Waals surface area contributed by atoms with Crippen LogP contribution in [0.15, 0.2) is 48.5 Å². The van der Waals surface area contributed by atoms with Gasteiger partial charge in [-0.3, -0.25) is 13.9 Å². The highest BCUT2D eigenvalue weighted by atomic mass is 32.2. The molecule has 0 bridgehead atoms. The van der Waals surface area contributed by atoms with Crippen LogP contribution in [0, 0.1) is 11.6 Å². The van der Waals surface area contributed by atoms with Gasteiger partial charge in [-0.25, -0.2) is 17.2 Å². The second kappa shape index (κ2) is 12.3. The predicted molar refractivity (Wildman–Crippen MR) is 135 cm³/mol. The first-order valence-corrected chi connectivity index (χ1v) is 14.0. The monoisotopic (exact) mass is 521 g/mol. The second-order valence-electron chi connectivity index (χ2n) is 9.20. The van der Waals surface area contributed by atoms with Crippen LogP contribution in [0.4, 0.5) is 14.5 Å². The third-order valence-corrected chi connectivity index (χ3v) is 7.59. The molecule has 7 nitrogen and oxygen atoms in total. The summed E-state index contributed by atoms with van der Waals surface area (Å²) in [5.74, 6) is -1.70. The highest BCUT2D eigenvalue weighted by Crippen LogP contribution is 2.23. The minimum atomic E-state index is -3.79. The molecule has 1 aliphatic rings. The number of sulfonamides is 1. The summed E-state index contributed by atoms with van der Waals surface area (Å²) in [5, 5.41) is 3.01. The average molecular weight is 522 g/mol. The Bertz CT molecular complexity index is 1150. The summed E-state index contributed by atoms with van der Waals surface area (Å²) < 4.78 is 53.2. The molecular weight excluding hydrogens is 488 g/mol. The quantitative estimate of drug-likeness (QED) is 0.485. The minimum absolute atomic E-state index is 0.0529. The molecule has 1 aliphatic carbocycles. The number of para-hydroxylation sites is 1. The normalized spacial score (nSPS) is 14.9. The summed E-state index contributed by atoms with van der Waals surface area (Å²) in [6, 6.07) is 10.6. The number of halogens is 2. The van der Waals surface area contributed by atoms with Crippen molar-refractivity contribution in [1.82, 2.24) is 10.2 Å². The van der Waals surface area contributed by atoms with Crippen LogP contribution in [-0.4, -0.2) is 50.0 Å². The maximum atomic E-state index is 14.3. The maximum Gasteiger partial charge on any atom is 0.242 e. The van der Waals surface area contributed by atoms with Crippen LogP contribution in [0.3, 0.4) is 0 Å². The van der Waals surface area contributed by atoms with Crippen LogP contribution in [0.1, 0.15) is 51.0 Å². The minimum Gasteiger partial charge on any atom is -0.352 e. The zero-order valence-corrected chi connectivity index (χ0v) is 21.4. The number of benzene rings is 2. The van der Waals surface area contributed by atoms with Gasteiger partial charge in [0.1, 0.15) is 17.7 Å². The molecule has 1 atom stereocenters. The molecule has 3 rings (SSSR count). The Labute approximate surface area is 211 Å². The number of hydrogen-bond acceptors (Lipinski definition) is 4. The summed E-state index contributed by atoms with van der Waals surface area (Å²) >= 11 is 0. The van der Waals surface area contributed by atoms with Crippen molar-refractivity contribution >= 4 is 27.5 Å². The molecule has 0 unspecified atom stereocenters. The largest absolute Gasteiger partial charge is 0.352 e. The van der Waals surface area contributed by atoms with Crippen molar-refractivity contribution in [3.05, 3.63) is 65.7 Å². The molecule has 2 aromatic carbocycles. The first kappa shape index (κ1) is 27.6. The summed E-state index contributed by atoms with van der Waals surface area (Å²) in [4.78, 5) is 27.6. The van der Waals surface area contributed by atoms with Gasteiger partial charge in [0.25, 0.3) is 0 Å². The summed E-state index contributed by atoms with van der Waals surface area (Å²) in [7, 11) is -3.79. The Morgan fingerprint density at radius 3 is 2.31 bits per heavy atom. The van der Waals surface area contributed by atoms with Gasteiger partial charge < -0.3 is 10.2 Å². The lowest BCUT2D eigenvalue weighted by molar-refractivity contribution is -0.141. The highest BCUT2D eigenvalue weighted by Gasteiger charge is 2.29. The van der Waals surface area contributed by atoms with Crippen LogP contribution in [0.5, 0.6) is 0 Å². The molecule has 0 heterocycles. The van der Waals surface area contributed by atoms with E-state index >= 15 is 0 Å². The number of rotatable bonds is 11. The van der Waals surface area contributed by atoms with Crippen LogP contribution >= 0.6 is 0 Å². The molecule has 1 saturated carbocycles. The molecular formula is C26H33F2N3O4S. The predicted octanol–water partition coefficient (Wildman–Crippen LogP) is 3.99. The summed E-state index contributed by atoms with van der Waals surface area (Å²) in [6.07, 6.45) is 4.97. The number of carbonyl (C=O) groups is 2. The third kappa shape index (κ3) is 7.49. The smallest absolute Gasteiger partial charge is 0.242 e. The van der Waals surface area contributed by atoms with E-state index in [1.165, 1.54) is 41.3 Å². The lowest BCUT2D eigenvalue weighted by atomic mass is 10.1. The van der Waals surface area contributed by atoms with E-state index in [2.05, 4.69) is 5.32 Å². The van der Waals surface area contributed by atoms with Gasteiger partial charge in [-0.1, -0.05) is 37.1 Å². The molecule has 0 aliphatic heterocycles. The fourth-order valence-electron chi connectivity index (χ4n) is 4.40. The van der Waals surface area contributed by atoms with Gasteiger partial charge in [-0.05, 0) is 56.0 Å². The molecule has 2 aromatic rings. The Hall–Kier alpha value is -3.01. The van der Waals surface area contributed by atoms with Gasteiger partial charge >= 0.3 is 0 Å². The second-order valence-corrected chi connectivity index (χ2v) is 11.1. The van der Waals surface area contributed by atoms with E-state index in [9.17, 15) is 26.8 Å². The SMILES string of the molecule is C[C@H](C(=O)NC1CCCC1)N(Cc1ccc(F)cc1)C(=O)CCCN(c1ccccc1F)S(C)(=O)=O. The Morgan fingerprint density at radius 2 is 1.69 bits per heavy atom. The number of nitrogens with zero attached hydrogens (tertiary/aromatic N) is 2. The van der Waals surface area contributed by atoms with Crippen LogP contribution in [0.25, 0.3) is 0 Å². The molecule has 2 amide bonds. The van der Waals surface area contributed by atoms with E-state index in [4.69, 9.17) is 0 Å². The number of carbonyl (C=O) groups excluding carboxylic acids is 2. The molecule has 0 spiro atoms. The highest BCUT2D eigenvalue weighted by molar-refractivity contribution is 7.92. The van der Waals surface area contributed by atoms with Crippen molar-refractivity contribution in [2.75, 3.05) is 17.1 Å². The van der Waals surface area contributed by atoms with Gasteiger partial charge in [0.2, 0.25) is 21.8 Å². The van der Waals surface area contributed by atoms with E-state index in [0.717, 1.165) is 36.2 Å². The molecule has 0 saturated heterocycles. The van der Waals surface area contributed by atoms with E-state index in [0.29, 0.717) is 5.56 Å². The first-order chi connectivity index (χ1) is 17.1. The Morgan fingerprint density at radius 1 is 1.06 bits per heavy atom. The van der Waals surface area contributed by atoms with Crippen molar-refractivity contribution in [1.29, 1.82) is 0 Å². The summed E-state index contributed by atoms with van der Waals surface area (Å²) in [5.41, 5.74) is 0.578. The zero-order chi connectivity index (χ0) is 26.3. The van der Waals surface area contributed by atoms with Gasteiger partial charge in [0, 0.05) is 25.6 Å². The Balaban J connectivity index is 1.72. The van der Waals surface area contributed by atoms with Crippen molar-refractivity contribution in [3.8, 4) is 0 Å². The molecule has 36 heavy (non-hydrogen) atoms. The van der Waals surface area contributed by atoms with Crippen molar-refractivity contribution in [2.24, 2.45) is 0 Å². The average Bonchev–Trinajstić information content (AvgIpc) is 3.34. The number of nitrogens with one attached hydrogen (secondary N) is 1. The summed E-state index contributed by atoms with van der Waals surface area (Å²) in [6.45, 7) is 1.65. The van der Waals surface area contributed by atoms with Crippen LogP contribution in [-0.2, 0) is 26.2 Å². The van der Waals surface area contributed by atoms with Gasteiger partial charge in [0.15, 0.2) is 0 Å². The fourth-order valence-corrected chi connectivity index (χ4v) is 5.36. The third-order valence-electron chi connectivity index (χ3n) is 6.41. The first-order valence-electron chi connectivity index (χ1n) is 12.1. The van der Waals surface area contributed by atoms with E-state index in [-0.39, 0.29) is 49.5 Å². The number of hydrogen-bond donors (Lipinski definition) is 1. The van der Waals surface area contributed by atoms with E-state index in [1.807, 2.05) is 0 Å². The van der Waals surface area contributed by atoms with Crippen LogP contribution < -0.4 is 9.62 Å². The molecule has 1 N–H and O–H groups in total. The molecule has 10 heteroatoms. The Kier molecular flexibility index (Phi) is 9.42. The molecule has 0 radical (unpaired) electrons. The van der Waals surface area contributed by atoms with Crippen molar-refractivity contribution in [2.45, 2.75) is 64.1 Å². The lowest BCUT2D eigenvalue weighted by Gasteiger charge is -2.30. The number of amides is 2. The maximum absolute atomic E-state index is 14.3. The standard InChI is InChI=1S/C26H33F2N3O4S/c1-19(26(33)29-22-8-3-4-9-22)30(18-20-13-15-21(27)16-14-20)25(32)12-7-17-31(36(2,34)35)24-11-6-5-10-23(24)28/h5-6,10-11,13-16,19,22H,3-4,7-9,12,17-18H2,1-2H3,(H,29,33)/t19-/m1/s1. The fraction of sp³-hybridized carbons (Fsp3) is 0.462. The topological polar surface area (TPSA) is 86.8 Å². The molecule has 0 aromatic heterocycles. The van der Waals surface area contributed by atoms with Crippen molar-refractivity contribution in [3.63, 3.8) is 0 Å². The number of anilines is 1. The van der Waals surface area contributed by atoms with E-state index < -0.39 is 27.7 Å². The van der Waals surface area contributed by atoms with Gasteiger partial charge in [-0.2, -0.15) is 0 Å². The van der Waals surface area contributed by atoms with Crippen molar-refractivity contribution < 1.29 is 26.8 Å². The van der Waals surface area contributed by atoms with E-state index in [1.54, 1.807) is 19.1 Å². The van der Waals surface area contributed by atoms with Gasteiger partial charge in [0.05, 0.1) is 11.9 Å². The molecule has 1 fully saturated rings. The molecule has 196 valence electrons.